The number of carbonyl (C=O) groups excluding carboxylic acids is 1. The number of carbonyl (C=O) groups is 2. The quantitative estimate of drug-likeness (QED) is 0.472. The Kier molecular flexibility index (Phi) is 6.48. The number of urea groups is 1. The lowest BCUT2D eigenvalue weighted by Crippen LogP contribution is -2.56. The fourth-order valence-corrected chi connectivity index (χ4v) is 1.35. The molecular formula is C10H21N3O3. The fraction of sp³-hybridized carbons (Fsp3) is 0.800. The predicted octanol–water partition coefficient (Wildman–Crippen LogP) is 0.278. The van der Waals surface area contributed by atoms with E-state index < -0.39 is 17.5 Å². The Labute approximate surface area is 95.6 Å². The van der Waals surface area contributed by atoms with Crippen molar-refractivity contribution >= 4 is 12.0 Å². The molecule has 0 saturated carbocycles. The van der Waals surface area contributed by atoms with Gasteiger partial charge >= 0.3 is 12.0 Å². The number of amides is 2. The van der Waals surface area contributed by atoms with Crippen LogP contribution in [0, 0.1) is 0 Å². The summed E-state index contributed by atoms with van der Waals surface area (Å²) in [6, 6.07) is -0.459. The number of carboxylic acid groups (broad SMARTS) is 1. The lowest BCUT2D eigenvalue weighted by atomic mass is 9.93. The summed E-state index contributed by atoms with van der Waals surface area (Å²) in [5.41, 5.74) is 4.10. The van der Waals surface area contributed by atoms with Crippen molar-refractivity contribution < 1.29 is 14.7 Å². The molecular weight excluding hydrogens is 210 g/mol. The molecule has 0 atom stereocenters. The molecule has 0 spiro atoms. The third kappa shape index (κ3) is 4.06. The Morgan fingerprint density at radius 3 is 2.25 bits per heavy atom. The van der Waals surface area contributed by atoms with E-state index >= 15 is 0 Å². The molecule has 2 amide bonds. The highest BCUT2D eigenvalue weighted by molar-refractivity contribution is 5.86. The molecule has 0 aromatic rings. The molecule has 0 aromatic heterocycles. The average Bonchev–Trinajstić information content (AvgIpc) is 2.26. The topological polar surface area (TPSA) is 104 Å². The van der Waals surface area contributed by atoms with Gasteiger partial charge in [-0.3, -0.25) is 0 Å². The average molecular weight is 231 g/mol. The van der Waals surface area contributed by atoms with Crippen molar-refractivity contribution in [2.24, 2.45) is 5.73 Å². The first-order valence-electron chi connectivity index (χ1n) is 5.51. The summed E-state index contributed by atoms with van der Waals surface area (Å²) in [6.07, 6.45) is 1.37. The van der Waals surface area contributed by atoms with Crippen molar-refractivity contribution in [1.29, 1.82) is 0 Å². The van der Waals surface area contributed by atoms with E-state index in [9.17, 15) is 9.59 Å². The molecule has 16 heavy (non-hydrogen) atoms. The summed E-state index contributed by atoms with van der Waals surface area (Å²) >= 11 is 0. The highest BCUT2D eigenvalue weighted by Gasteiger charge is 2.36. The molecule has 0 bridgehead atoms. The largest absolute Gasteiger partial charge is 0.480 e. The summed E-state index contributed by atoms with van der Waals surface area (Å²) in [4.78, 5) is 22.5. The van der Waals surface area contributed by atoms with E-state index in [1.165, 1.54) is 0 Å². The van der Waals surface area contributed by atoms with Gasteiger partial charge in [0.1, 0.15) is 5.54 Å². The molecule has 0 aliphatic rings. The third-order valence-corrected chi connectivity index (χ3v) is 2.64. The van der Waals surface area contributed by atoms with Gasteiger partial charge in [-0.05, 0) is 25.8 Å². The number of aliphatic carboxylic acids is 1. The van der Waals surface area contributed by atoms with Gasteiger partial charge in [0.15, 0.2) is 0 Å². The Balaban J connectivity index is 4.29. The number of rotatable bonds is 7. The number of carboxylic acids is 1. The lowest BCUT2D eigenvalue weighted by molar-refractivity contribution is -0.144. The normalized spacial score (nSPS) is 10.9. The van der Waals surface area contributed by atoms with E-state index in [2.05, 4.69) is 10.6 Å². The van der Waals surface area contributed by atoms with E-state index in [0.29, 0.717) is 32.4 Å². The maximum absolute atomic E-state index is 11.4. The van der Waals surface area contributed by atoms with Gasteiger partial charge in [-0.25, -0.2) is 9.59 Å². The molecule has 0 aliphatic carbocycles. The van der Waals surface area contributed by atoms with Crippen LogP contribution in [-0.2, 0) is 4.79 Å². The number of nitrogens with two attached hydrogens (primary N) is 1. The van der Waals surface area contributed by atoms with Crippen LogP contribution in [0.3, 0.4) is 0 Å². The summed E-state index contributed by atoms with van der Waals surface area (Å²) < 4.78 is 0. The van der Waals surface area contributed by atoms with Crippen LogP contribution in [0.15, 0.2) is 0 Å². The van der Waals surface area contributed by atoms with E-state index in [4.69, 9.17) is 10.8 Å². The highest BCUT2D eigenvalue weighted by Crippen LogP contribution is 2.14. The minimum Gasteiger partial charge on any atom is -0.480 e. The SMILES string of the molecule is CCC(CC)(NC(=O)NCCCN)C(=O)O. The van der Waals surface area contributed by atoms with Crippen molar-refractivity contribution in [3.05, 3.63) is 0 Å². The molecule has 0 saturated heterocycles. The predicted molar refractivity (Wildman–Crippen MR) is 61.2 cm³/mol. The molecule has 0 rings (SSSR count). The summed E-state index contributed by atoms with van der Waals surface area (Å²) in [5, 5.41) is 14.1. The number of hydrogen-bond donors (Lipinski definition) is 4. The first kappa shape index (κ1) is 14.7. The van der Waals surface area contributed by atoms with E-state index in [1.807, 2.05) is 0 Å². The molecule has 94 valence electrons. The molecule has 6 nitrogen and oxygen atoms in total. The maximum Gasteiger partial charge on any atom is 0.329 e. The third-order valence-electron chi connectivity index (χ3n) is 2.64. The second-order valence-corrected chi connectivity index (χ2v) is 3.62. The molecule has 5 N–H and O–H groups in total. The number of nitrogens with one attached hydrogen (secondary N) is 2. The summed E-state index contributed by atoms with van der Waals surface area (Å²) in [7, 11) is 0. The fourth-order valence-electron chi connectivity index (χ4n) is 1.35. The van der Waals surface area contributed by atoms with Crippen LogP contribution in [0.1, 0.15) is 33.1 Å². The van der Waals surface area contributed by atoms with Crippen molar-refractivity contribution in [1.82, 2.24) is 10.6 Å². The monoisotopic (exact) mass is 231 g/mol. The zero-order chi connectivity index (χ0) is 12.6. The smallest absolute Gasteiger partial charge is 0.329 e. The lowest BCUT2D eigenvalue weighted by Gasteiger charge is -2.28. The van der Waals surface area contributed by atoms with Crippen molar-refractivity contribution in [3.63, 3.8) is 0 Å². The second-order valence-electron chi connectivity index (χ2n) is 3.62. The second kappa shape index (κ2) is 7.05. The van der Waals surface area contributed by atoms with Gasteiger partial charge in [-0.15, -0.1) is 0 Å². The molecule has 0 fully saturated rings. The Hall–Kier alpha value is -1.30. The van der Waals surface area contributed by atoms with Crippen LogP contribution in [0.4, 0.5) is 4.79 Å². The molecule has 0 heterocycles. The highest BCUT2D eigenvalue weighted by atomic mass is 16.4. The molecule has 0 radical (unpaired) electrons. The Morgan fingerprint density at radius 2 is 1.88 bits per heavy atom. The van der Waals surface area contributed by atoms with Crippen molar-refractivity contribution in [3.8, 4) is 0 Å². The van der Waals surface area contributed by atoms with Crippen molar-refractivity contribution in [2.45, 2.75) is 38.6 Å². The van der Waals surface area contributed by atoms with Crippen LogP contribution >= 0.6 is 0 Å². The zero-order valence-corrected chi connectivity index (χ0v) is 9.88. The summed E-state index contributed by atoms with van der Waals surface area (Å²) in [5.74, 6) is -1.01. The van der Waals surface area contributed by atoms with Gasteiger partial charge < -0.3 is 21.5 Å². The van der Waals surface area contributed by atoms with Gasteiger partial charge in [-0.1, -0.05) is 13.8 Å². The van der Waals surface area contributed by atoms with Crippen molar-refractivity contribution in [2.75, 3.05) is 13.1 Å². The van der Waals surface area contributed by atoms with Crippen LogP contribution in [-0.4, -0.2) is 35.7 Å². The minimum atomic E-state index is -1.17. The van der Waals surface area contributed by atoms with Gasteiger partial charge in [0.2, 0.25) is 0 Å². The number of hydrogen-bond acceptors (Lipinski definition) is 3. The van der Waals surface area contributed by atoms with Gasteiger partial charge in [-0.2, -0.15) is 0 Å². The molecule has 0 unspecified atom stereocenters. The Bertz CT molecular complexity index is 239. The maximum atomic E-state index is 11.4. The van der Waals surface area contributed by atoms with Crippen LogP contribution in [0.25, 0.3) is 0 Å². The molecule has 0 aliphatic heterocycles. The van der Waals surface area contributed by atoms with Gasteiger partial charge in [0, 0.05) is 6.54 Å². The first-order chi connectivity index (χ1) is 7.52. The van der Waals surface area contributed by atoms with Crippen LogP contribution < -0.4 is 16.4 Å². The van der Waals surface area contributed by atoms with Gasteiger partial charge in [0.05, 0.1) is 0 Å². The molecule has 0 aromatic carbocycles. The standard InChI is InChI=1S/C10H21N3O3/c1-3-10(4-2,8(14)15)13-9(16)12-7-5-6-11/h3-7,11H2,1-2H3,(H,14,15)(H2,12,13,16). The Morgan fingerprint density at radius 1 is 1.31 bits per heavy atom. The molecule has 6 heteroatoms. The van der Waals surface area contributed by atoms with E-state index in [0.717, 1.165) is 0 Å². The zero-order valence-electron chi connectivity index (χ0n) is 9.88. The minimum absolute atomic E-state index is 0.350. The van der Waals surface area contributed by atoms with Gasteiger partial charge in [0.25, 0.3) is 0 Å². The van der Waals surface area contributed by atoms with Crippen LogP contribution in [0.2, 0.25) is 0 Å². The van der Waals surface area contributed by atoms with E-state index in [1.54, 1.807) is 13.8 Å². The summed E-state index contributed by atoms with van der Waals surface area (Å²) in [6.45, 7) is 4.41. The van der Waals surface area contributed by atoms with Crippen LogP contribution in [0.5, 0.6) is 0 Å². The first-order valence-corrected chi connectivity index (χ1v) is 5.51. The van der Waals surface area contributed by atoms with E-state index in [-0.39, 0.29) is 0 Å².